The predicted molar refractivity (Wildman–Crippen MR) is 75.1 cm³/mol. The van der Waals surface area contributed by atoms with Crippen LogP contribution in [0.5, 0.6) is 0 Å². The number of alkyl halides is 1. The van der Waals surface area contributed by atoms with Gasteiger partial charge in [0.05, 0.1) is 14.2 Å². The highest BCUT2D eigenvalue weighted by atomic mass is 28.3. The third-order valence-electron chi connectivity index (χ3n) is 4.91. The first-order chi connectivity index (χ1) is 7.82. The van der Waals surface area contributed by atoms with E-state index in [9.17, 15) is 4.39 Å². The minimum Gasteiger partial charge on any atom is -0.375 e. The van der Waals surface area contributed by atoms with E-state index in [4.69, 9.17) is 4.74 Å². The van der Waals surface area contributed by atoms with Gasteiger partial charge in [-0.2, -0.15) is 0 Å². The summed E-state index contributed by atoms with van der Waals surface area (Å²) in [5, 5.41) is 0. The number of hydrogen-bond acceptors (Lipinski definition) is 1. The Hall–Kier alpha value is 0.107. The second kappa shape index (κ2) is 5.83. The Kier molecular flexibility index (Phi) is 5.20. The Bertz CT molecular complexity index is 219. The van der Waals surface area contributed by atoms with Crippen molar-refractivity contribution in [3.05, 3.63) is 0 Å². The predicted octanol–water partition coefficient (Wildman–Crippen LogP) is 4.79. The second-order valence-electron chi connectivity index (χ2n) is 6.49. The number of ether oxygens (including phenoxy) is 1. The van der Waals surface area contributed by atoms with Crippen LogP contribution < -0.4 is 0 Å². The zero-order valence-corrected chi connectivity index (χ0v) is 13.3. The molecule has 3 heteroatoms. The van der Waals surface area contributed by atoms with Crippen LogP contribution in [0.15, 0.2) is 0 Å². The molecular formula is C14H29FOSi. The fourth-order valence-corrected chi connectivity index (χ4v) is 10.3. The molecule has 0 aromatic carbocycles. The summed E-state index contributed by atoms with van der Waals surface area (Å²) in [6.07, 6.45) is -0.240. The van der Waals surface area contributed by atoms with Gasteiger partial charge < -0.3 is 4.74 Å². The van der Waals surface area contributed by atoms with Crippen molar-refractivity contribution in [2.45, 2.75) is 82.9 Å². The van der Waals surface area contributed by atoms with Crippen molar-refractivity contribution in [3.8, 4) is 0 Å². The number of halogens is 1. The highest BCUT2D eigenvalue weighted by Crippen LogP contribution is 2.46. The molecule has 2 atom stereocenters. The topological polar surface area (TPSA) is 9.23 Å². The van der Waals surface area contributed by atoms with Gasteiger partial charge in [-0.05, 0) is 6.04 Å². The molecule has 0 aliphatic carbocycles. The first-order valence-electron chi connectivity index (χ1n) is 7.08. The molecular weight excluding hydrogens is 231 g/mol. The second-order valence-corrected chi connectivity index (χ2v) is 12.6. The van der Waals surface area contributed by atoms with Gasteiger partial charge in [0.15, 0.2) is 0 Å². The molecule has 1 heterocycles. The molecule has 1 rings (SSSR count). The van der Waals surface area contributed by atoms with Gasteiger partial charge >= 0.3 is 0 Å². The zero-order chi connectivity index (χ0) is 13.2. The lowest BCUT2D eigenvalue weighted by Gasteiger charge is -2.44. The van der Waals surface area contributed by atoms with E-state index in [-0.39, 0.29) is 6.10 Å². The fraction of sp³-hybridized carbons (Fsp3) is 1.00. The molecule has 1 nitrogen and oxygen atoms in total. The van der Waals surface area contributed by atoms with Gasteiger partial charge in [0, 0.05) is 13.0 Å². The van der Waals surface area contributed by atoms with Crippen molar-refractivity contribution in [3.63, 3.8) is 0 Å². The molecule has 0 saturated carbocycles. The minimum atomic E-state index is -1.50. The lowest BCUT2D eigenvalue weighted by atomic mass is 10.2. The molecule has 0 aromatic rings. The molecule has 0 spiro atoms. The van der Waals surface area contributed by atoms with E-state index in [2.05, 4.69) is 41.5 Å². The van der Waals surface area contributed by atoms with Crippen LogP contribution in [0.3, 0.4) is 0 Å². The third-order valence-corrected chi connectivity index (χ3v) is 12.5. The van der Waals surface area contributed by atoms with Crippen LogP contribution in [-0.4, -0.2) is 27.0 Å². The Morgan fingerprint density at radius 1 is 1.06 bits per heavy atom. The summed E-state index contributed by atoms with van der Waals surface area (Å²) in [6, 6.07) is 1.00. The SMILES string of the molecule is CC(C)[Si](C[C@H]1OCC[C@H]1F)(C(C)C)C(C)C. The molecule has 0 radical (unpaired) electrons. The average Bonchev–Trinajstić information content (AvgIpc) is 2.58. The summed E-state index contributed by atoms with van der Waals surface area (Å²) in [5.74, 6) is 0. The Labute approximate surface area is 107 Å². The molecule has 0 unspecified atom stereocenters. The molecule has 0 amide bonds. The molecule has 0 aromatic heterocycles. The monoisotopic (exact) mass is 260 g/mol. The highest BCUT2D eigenvalue weighted by molar-refractivity contribution is 6.83. The maximum Gasteiger partial charge on any atom is 0.128 e. The van der Waals surface area contributed by atoms with Gasteiger partial charge in [-0.3, -0.25) is 0 Å². The lowest BCUT2D eigenvalue weighted by molar-refractivity contribution is 0.0904. The lowest BCUT2D eigenvalue weighted by Crippen LogP contribution is -2.48. The third kappa shape index (κ3) is 2.92. The van der Waals surface area contributed by atoms with Crippen molar-refractivity contribution in [1.29, 1.82) is 0 Å². The van der Waals surface area contributed by atoms with Crippen LogP contribution in [0.1, 0.15) is 48.0 Å². The van der Waals surface area contributed by atoms with E-state index in [1.165, 1.54) is 0 Å². The van der Waals surface area contributed by atoms with Gasteiger partial charge in [0.1, 0.15) is 6.17 Å². The van der Waals surface area contributed by atoms with Crippen molar-refractivity contribution < 1.29 is 9.13 Å². The van der Waals surface area contributed by atoms with Crippen LogP contribution in [0.4, 0.5) is 4.39 Å². The van der Waals surface area contributed by atoms with Gasteiger partial charge in [-0.25, -0.2) is 4.39 Å². The molecule has 0 bridgehead atoms. The van der Waals surface area contributed by atoms with Crippen LogP contribution in [0.25, 0.3) is 0 Å². The summed E-state index contributed by atoms with van der Waals surface area (Å²) in [4.78, 5) is 0. The molecule has 102 valence electrons. The Morgan fingerprint density at radius 3 is 1.82 bits per heavy atom. The maximum absolute atomic E-state index is 13.8. The van der Waals surface area contributed by atoms with E-state index in [0.29, 0.717) is 29.7 Å². The van der Waals surface area contributed by atoms with Crippen molar-refractivity contribution in [2.75, 3.05) is 6.61 Å². The minimum absolute atomic E-state index is 0.117. The molecule has 1 aliphatic rings. The van der Waals surface area contributed by atoms with E-state index in [1.54, 1.807) is 0 Å². The number of rotatable bonds is 5. The number of hydrogen-bond donors (Lipinski definition) is 0. The summed E-state index contributed by atoms with van der Waals surface area (Å²) < 4.78 is 19.4. The van der Waals surface area contributed by atoms with Crippen LogP contribution in [0.2, 0.25) is 22.7 Å². The summed E-state index contributed by atoms with van der Waals surface area (Å²) >= 11 is 0. The first-order valence-corrected chi connectivity index (χ1v) is 9.52. The molecule has 17 heavy (non-hydrogen) atoms. The maximum atomic E-state index is 13.8. The molecule has 1 aliphatic heterocycles. The first kappa shape index (κ1) is 15.2. The van der Waals surface area contributed by atoms with E-state index >= 15 is 0 Å². The fourth-order valence-electron chi connectivity index (χ4n) is 3.86. The zero-order valence-electron chi connectivity index (χ0n) is 12.3. The average molecular weight is 260 g/mol. The smallest absolute Gasteiger partial charge is 0.128 e. The standard InChI is InChI=1S/C14H29FOSi/c1-10(2)17(11(3)4,12(5)6)9-14-13(15)7-8-16-14/h10-14H,7-9H2,1-6H3/t13-,14-/m1/s1. The van der Waals surface area contributed by atoms with Crippen molar-refractivity contribution >= 4 is 8.07 Å². The van der Waals surface area contributed by atoms with E-state index in [0.717, 1.165) is 6.04 Å². The summed E-state index contributed by atoms with van der Waals surface area (Å²) in [5.41, 5.74) is 2.08. The quantitative estimate of drug-likeness (QED) is 0.646. The van der Waals surface area contributed by atoms with Crippen molar-refractivity contribution in [2.24, 2.45) is 0 Å². The van der Waals surface area contributed by atoms with Gasteiger partial charge in [0.2, 0.25) is 0 Å². The van der Waals surface area contributed by atoms with E-state index in [1.807, 2.05) is 0 Å². The highest BCUT2D eigenvalue weighted by Gasteiger charge is 2.46. The van der Waals surface area contributed by atoms with Crippen molar-refractivity contribution in [1.82, 2.24) is 0 Å². The van der Waals surface area contributed by atoms with Crippen LogP contribution in [0, 0.1) is 0 Å². The summed E-state index contributed by atoms with van der Waals surface area (Å²) in [6.45, 7) is 14.6. The van der Waals surface area contributed by atoms with Gasteiger partial charge in [-0.15, -0.1) is 0 Å². The van der Waals surface area contributed by atoms with Crippen LogP contribution in [-0.2, 0) is 4.74 Å². The van der Waals surface area contributed by atoms with Gasteiger partial charge in [0.25, 0.3) is 0 Å². The molecule has 0 N–H and O–H groups in total. The Morgan fingerprint density at radius 2 is 1.53 bits per heavy atom. The van der Waals surface area contributed by atoms with Gasteiger partial charge in [-0.1, -0.05) is 58.2 Å². The largest absolute Gasteiger partial charge is 0.375 e. The normalized spacial score (nSPS) is 26.5. The molecule has 1 fully saturated rings. The van der Waals surface area contributed by atoms with Crippen LogP contribution >= 0.6 is 0 Å². The Balaban J connectivity index is 2.89. The molecule has 1 saturated heterocycles. The summed E-state index contributed by atoms with van der Waals surface area (Å²) in [7, 11) is -1.50. The van der Waals surface area contributed by atoms with E-state index < -0.39 is 14.2 Å².